The maximum Gasteiger partial charge on any atom is 0.191 e. The van der Waals surface area contributed by atoms with Crippen LogP contribution in [0.5, 0.6) is 0 Å². The van der Waals surface area contributed by atoms with Gasteiger partial charge in [-0.15, -0.1) is 24.0 Å². The van der Waals surface area contributed by atoms with E-state index in [1.807, 2.05) is 19.1 Å². The molecule has 162 valence electrons. The molecular weight excluding hydrogens is 489 g/mol. The molecule has 0 heterocycles. The number of hydrogen-bond acceptors (Lipinski definition) is 4. The van der Waals surface area contributed by atoms with Crippen molar-refractivity contribution in [3.63, 3.8) is 0 Å². The van der Waals surface area contributed by atoms with Crippen molar-refractivity contribution in [2.24, 2.45) is 10.4 Å². The van der Waals surface area contributed by atoms with Crippen molar-refractivity contribution < 1.29 is 13.5 Å². The largest absolute Gasteiger partial charge is 0.396 e. The predicted molar refractivity (Wildman–Crippen MR) is 127 cm³/mol. The lowest BCUT2D eigenvalue weighted by molar-refractivity contribution is 0.169. The average Bonchev–Trinajstić information content (AvgIpc) is 2.62. The van der Waals surface area contributed by atoms with Gasteiger partial charge in [-0.2, -0.15) is 0 Å². The van der Waals surface area contributed by atoms with Crippen LogP contribution in [0.15, 0.2) is 28.1 Å². The minimum absolute atomic E-state index is 0. The molecule has 3 N–H and O–H groups in total. The molecular formula is C20H36IN3O3S. The molecule has 28 heavy (non-hydrogen) atoms. The van der Waals surface area contributed by atoms with Gasteiger partial charge in [0.1, 0.15) is 0 Å². The van der Waals surface area contributed by atoms with Gasteiger partial charge in [0, 0.05) is 26.0 Å². The van der Waals surface area contributed by atoms with Crippen LogP contribution in [0.4, 0.5) is 0 Å². The van der Waals surface area contributed by atoms with Crippen LogP contribution in [0.1, 0.15) is 51.2 Å². The molecule has 1 aromatic carbocycles. The zero-order chi connectivity index (χ0) is 20.5. The lowest BCUT2D eigenvalue weighted by Gasteiger charge is -2.32. The van der Waals surface area contributed by atoms with Crippen molar-refractivity contribution in [1.29, 1.82) is 0 Å². The number of guanidine groups is 1. The third-order valence-electron chi connectivity index (χ3n) is 5.18. The summed E-state index contributed by atoms with van der Waals surface area (Å²) in [6.45, 7) is 10.3. The van der Waals surface area contributed by atoms with Crippen LogP contribution >= 0.6 is 24.0 Å². The van der Waals surface area contributed by atoms with Crippen LogP contribution < -0.4 is 10.6 Å². The van der Waals surface area contributed by atoms with E-state index in [1.165, 1.54) is 6.26 Å². The Kier molecular flexibility index (Phi) is 12.2. The number of aliphatic hydroxyl groups is 1. The van der Waals surface area contributed by atoms with E-state index in [0.717, 1.165) is 49.4 Å². The van der Waals surface area contributed by atoms with E-state index < -0.39 is 9.84 Å². The fourth-order valence-corrected chi connectivity index (χ4v) is 4.15. The Morgan fingerprint density at radius 3 is 2.29 bits per heavy atom. The fourth-order valence-electron chi connectivity index (χ4n) is 3.19. The van der Waals surface area contributed by atoms with E-state index >= 15 is 0 Å². The lowest BCUT2D eigenvalue weighted by atomic mass is 9.79. The minimum Gasteiger partial charge on any atom is -0.396 e. The lowest BCUT2D eigenvalue weighted by Crippen LogP contribution is -2.43. The van der Waals surface area contributed by atoms with Crippen molar-refractivity contribution in [2.45, 2.75) is 58.4 Å². The molecule has 0 aliphatic carbocycles. The first-order valence-electron chi connectivity index (χ1n) is 9.64. The number of sulfone groups is 1. The van der Waals surface area contributed by atoms with Gasteiger partial charge in [-0.3, -0.25) is 0 Å². The van der Waals surface area contributed by atoms with E-state index in [2.05, 4.69) is 29.5 Å². The molecule has 0 spiro atoms. The molecule has 0 unspecified atom stereocenters. The number of aliphatic imine (C=N–C) groups is 1. The first kappa shape index (κ1) is 27.1. The standard InChI is InChI=1S/C20H35N3O3S.HI/c1-6-20(7-2,11-12-24)15-23-19(21-8-3)22-14-17-9-10-18(16(4)13-17)27(5,25)26;/h9-10,13,24H,6-8,11-12,14-15H2,1-5H3,(H2,21,22,23);1H. The van der Waals surface area contributed by atoms with Gasteiger partial charge in [-0.05, 0) is 55.7 Å². The second-order valence-electron chi connectivity index (χ2n) is 7.10. The first-order valence-corrected chi connectivity index (χ1v) is 11.5. The van der Waals surface area contributed by atoms with Crippen LogP contribution in [-0.4, -0.2) is 45.4 Å². The van der Waals surface area contributed by atoms with Gasteiger partial charge in [-0.1, -0.05) is 26.0 Å². The minimum atomic E-state index is -3.21. The summed E-state index contributed by atoms with van der Waals surface area (Å²) >= 11 is 0. The summed E-state index contributed by atoms with van der Waals surface area (Å²) in [7, 11) is -3.21. The number of benzene rings is 1. The Bertz CT molecular complexity index is 732. The van der Waals surface area contributed by atoms with Crippen molar-refractivity contribution >= 4 is 39.8 Å². The Labute approximate surface area is 187 Å². The molecule has 0 aromatic heterocycles. The zero-order valence-corrected chi connectivity index (χ0v) is 20.9. The highest BCUT2D eigenvalue weighted by molar-refractivity contribution is 14.0. The van der Waals surface area contributed by atoms with Crippen molar-refractivity contribution in [3.8, 4) is 0 Å². The van der Waals surface area contributed by atoms with Gasteiger partial charge in [-0.25, -0.2) is 13.4 Å². The quantitative estimate of drug-likeness (QED) is 0.248. The summed E-state index contributed by atoms with van der Waals surface area (Å²) in [5.41, 5.74) is 1.75. The predicted octanol–water partition coefficient (Wildman–Crippen LogP) is 3.26. The fraction of sp³-hybridized carbons (Fsp3) is 0.650. The number of hydrogen-bond donors (Lipinski definition) is 3. The number of halogens is 1. The van der Waals surface area contributed by atoms with E-state index in [0.29, 0.717) is 11.4 Å². The molecule has 0 radical (unpaired) electrons. The SMILES string of the molecule is CCNC(=NCc1ccc(S(C)(=O)=O)c(C)c1)NCC(CC)(CC)CCO.I. The first-order chi connectivity index (χ1) is 12.7. The maximum absolute atomic E-state index is 11.7. The highest BCUT2D eigenvalue weighted by atomic mass is 127. The molecule has 6 nitrogen and oxygen atoms in total. The average molecular weight is 525 g/mol. The normalized spacial score (nSPS) is 12.4. The van der Waals surface area contributed by atoms with E-state index in [4.69, 9.17) is 0 Å². The van der Waals surface area contributed by atoms with Crippen molar-refractivity contribution in [3.05, 3.63) is 29.3 Å². The number of rotatable bonds is 10. The Hall–Kier alpha value is -0.870. The van der Waals surface area contributed by atoms with Crippen LogP contribution in [0.2, 0.25) is 0 Å². The molecule has 0 fully saturated rings. The summed E-state index contributed by atoms with van der Waals surface area (Å²) < 4.78 is 23.5. The summed E-state index contributed by atoms with van der Waals surface area (Å²) in [6.07, 6.45) is 3.96. The third kappa shape index (κ3) is 8.24. The zero-order valence-electron chi connectivity index (χ0n) is 17.7. The van der Waals surface area contributed by atoms with Gasteiger partial charge in [0.05, 0.1) is 11.4 Å². The van der Waals surface area contributed by atoms with E-state index in [-0.39, 0.29) is 36.0 Å². The van der Waals surface area contributed by atoms with Gasteiger partial charge < -0.3 is 15.7 Å². The van der Waals surface area contributed by atoms with Gasteiger partial charge in [0.25, 0.3) is 0 Å². The number of nitrogens with one attached hydrogen (secondary N) is 2. The Morgan fingerprint density at radius 2 is 1.82 bits per heavy atom. The van der Waals surface area contributed by atoms with Crippen molar-refractivity contribution in [2.75, 3.05) is 26.0 Å². The summed E-state index contributed by atoms with van der Waals surface area (Å²) in [5.74, 6) is 0.728. The summed E-state index contributed by atoms with van der Waals surface area (Å²) in [6, 6.07) is 5.33. The Morgan fingerprint density at radius 1 is 1.18 bits per heavy atom. The highest BCUT2D eigenvalue weighted by Crippen LogP contribution is 2.29. The monoisotopic (exact) mass is 525 g/mol. The molecule has 0 aliphatic heterocycles. The van der Waals surface area contributed by atoms with E-state index in [9.17, 15) is 13.5 Å². The number of aliphatic hydroxyl groups excluding tert-OH is 1. The van der Waals surface area contributed by atoms with Crippen LogP contribution in [0.25, 0.3) is 0 Å². The molecule has 0 bridgehead atoms. The number of aryl methyl sites for hydroxylation is 1. The highest BCUT2D eigenvalue weighted by Gasteiger charge is 2.25. The topological polar surface area (TPSA) is 90.8 Å². The second-order valence-corrected chi connectivity index (χ2v) is 9.09. The van der Waals surface area contributed by atoms with Crippen LogP contribution in [0, 0.1) is 12.3 Å². The number of nitrogens with zero attached hydrogens (tertiary/aromatic N) is 1. The molecule has 0 saturated carbocycles. The second kappa shape index (κ2) is 12.6. The molecule has 0 amide bonds. The summed E-state index contributed by atoms with van der Waals surface area (Å²) in [4.78, 5) is 4.99. The van der Waals surface area contributed by atoms with Crippen LogP contribution in [-0.2, 0) is 16.4 Å². The van der Waals surface area contributed by atoms with E-state index in [1.54, 1.807) is 13.0 Å². The molecule has 0 aliphatic rings. The molecule has 1 rings (SSSR count). The molecule has 0 saturated heterocycles. The summed E-state index contributed by atoms with van der Waals surface area (Å²) in [5, 5.41) is 16.0. The third-order valence-corrected chi connectivity index (χ3v) is 6.43. The van der Waals surface area contributed by atoms with Gasteiger partial charge in [0.2, 0.25) is 0 Å². The maximum atomic E-state index is 11.7. The molecule has 0 atom stereocenters. The van der Waals surface area contributed by atoms with Crippen molar-refractivity contribution in [1.82, 2.24) is 10.6 Å². The van der Waals surface area contributed by atoms with Gasteiger partial charge >= 0.3 is 0 Å². The van der Waals surface area contributed by atoms with Crippen LogP contribution in [0.3, 0.4) is 0 Å². The molecule has 1 aromatic rings. The smallest absolute Gasteiger partial charge is 0.191 e. The van der Waals surface area contributed by atoms with Gasteiger partial charge in [0.15, 0.2) is 15.8 Å². The Balaban J connectivity index is 0.00000729. The molecule has 8 heteroatoms.